The molecule has 2 rings (SSSR count). The van der Waals surface area contributed by atoms with Crippen molar-refractivity contribution in [1.29, 1.82) is 0 Å². The molecule has 16 heavy (non-hydrogen) atoms. The molecule has 1 fully saturated rings. The van der Waals surface area contributed by atoms with E-state index in [4.69, 9.17) is 23.2 Å². The fraction of sp³-hybridized carbons (Fsp3) is 0.455. The van der Waals surface area contributed by atoms with Crippen molar-refractivity contribution in [2.24, 2.45) is 5.92 Å². The summed E-state index contributed by atoms with van der Waals surface area (Å²) in [5.41, 5.74) is 0. The van der Waals surface area contributed by atoms with Crippen molar-refractivity contribution in [3.05, 3.63) is 22.3 Å². The highest BCUT2D eigenvalue weighted by Gasteiger charge is 2.21. The number of piperidine rings is 1. The molecule has 0 saturated carbocycles. The van der Waals surface area contributed by atoms with Crippen molar-refractivity contribution >= 4 is 35.3 Å². The van der Waals surface area contributed by atoms with Crippen LogP contribution in [0.25, 0.3) is 0 Å². The second-order valence-electron chi connectivity index (χ2n) is 3.92. The van der Waals surface area contributed by atoms with Crippen molar-refractivity contribution in [1.82, 2.24) is 4.98 Å². The first-order valence-corrected chi connectivity index (χ1v) is 5.97. The van der Waals surface area contributed by atoms with Crippen LogP contribution in [0.3, 0.4) is 0 Å². The van der Waals surface area contributed by atoms with Crippen molar-refractivity contribution in [2.45, 2.75) is 12.8 Å². The Kier molecular flexibility index (Phi) is 3.66. The van der Waals surface area contributed by atoms with E-state index in [1.165, 1.54) is 0 Å². The van der Waals surface area contributed by atoms with Crippen LogP contribution in [0.15, 0.2) is 12.3 Å². The Morgan fingerprint density at radius 3 is 2.62 bits per heavy atom. The van der Waals surface area contributed by atoms with Gasteiger partial charge in [-0.2, -0.15) is 0 Å². The van der Waals surface area contributed by atoms with E-state index in [-0.39, 0.29) is 5.92 Å². The van der Waals surface area contributed by atoms with Crippen molar-refractivity contribution in [3.8, 4) is 0 Å². The van der Waals surface area contributed by atoms with Gasteiger partial charge in [-0.05, 0) is 18.9 Å². The number of nitrogens with zero attached hydrogens (tertiary/aromatic N) is 2. The molecule has 1 aromatic heterocycles. The van der Waals surface area contributed by atoms with E-state index in [2.05, 4.69) is 9.88 Å². The fourth-order valence-electron chi connectivity index (χ4n) is 1.89. The largest absolute Gasteiger partial charge is 0.355 e. The zero-order chi connectivity index (χ0) is 11.5. The SMILES string of the molecule is O=CC1CCN(c2ncc(Cl)cc2Cl)CC1. The van der Waals surface area contributed by atoms with E-state index >= 15 is 0 Å². The molecule has 1 aromatic rings. The minimum absolute atomic E-state index is 0.183. The van der Waals surface area contributed by atoms with Gasteiger partial charge in [0.25, 0.3) is 0 Å². The summed E-state index contributed by atoms with van der Waals surface area (Å²) in [6.45, 7) is 1.63. The van der Waals surface area contributed by atoms with Crippen LogP contribution in [0.5, 0.6) is 0 Å². The van der Waals surface area contributed by atoms with Gasteiger partial charge in [0.05, 0.1) is 10.0 Å². The predicted octanol–water partition coefficient (Wildman–Crippen LogP) is 2.80. The normalized spacial score (nSPS) is 17.5. The zero-order valence-corrected chi connectivity index (χ0v) is 10.2. The number of rotatable bonds is 2. The summed E-state index contributed by atoms with van der Waals surface area (Å²) in [5, 5.41) is 1.11. The molecule has 5 heteroatoms. The molecule has 86 valence electrons. The van der Waals surface area contributed by atoms with Gasteiger partial charge < -0.3 is 9.69 Å². The van der Waals surface area contributed by atoms with Crippen molar-refractivity contribution in [3.63, 3.8) is 0 Å². The van der Waals surface area contributed by atoms with E-state index < -0.39 is 0 Å². The van der Waals surface area contributed by atoms with Gasteiger partial charge in [0, 0.05) is 25.2 Å². The molecule has 0 bridgehead atoms. The summed E-state index contributed by atoms with van der Waals surface area (Å²) in [6.07, 6.45) is 4.36. The number of anilines is 1. The van der Waals surface area contributed by atoms with E-state index in [1.54, 1.807) is 12.3 Å². The first kappa shape index (κ1) is 11.7. The monoisotopic (exact) mass is 258 g/mol. The molecule has 0 atom stereocenters. The number of halogens is 2. The minimum atomic E-state index is 0.183. The Bertz CT molecular complexity index is 390. The van der Waals surface area contributed by atoms with Crippen LogP contribution in [0.4, 0.5) is 5.82 Å². The van der Waals surface area contributed by atoms with E-state index in [0.717, 1.165) is 38.0 Å². The molecule has 1 saturated heterocycles. The summed E-state index contributed by atoms with van der Waals surface area (Å²) in [6, 6.07) is 1.69. The van der Waals surface area contributed by atoms with Crippen LogP contribution in [0.1, 0.15) is 12.8 Å². The lowest BCUT2D eigenvalue weighted by atomic mass is 9.99. The minimum Gasteiger partial charge on any atom is -0.355 e. The highest BCUT2D eigenvalue weighted by molar-refractivity contribution is 6.36. The van der Waals surface area contributed by atoms with Crippen LogP contribution < -0.4 is 4.90 Å². The maximum absolute atomic E-state index is 10.6. The maximum Gasteiger partial charge on any atom is 0.147 e. The molecule has 2 heterocycles. The number of carbonyl (C=O) groups is 1. The zero-order valence-electron chi connectivity index (χ0n) is 8.70. The molecule has 0 aromatic carbocycles. The molecular weight excluding hydrogens is 247 g/mol. The molecule has 0 N–H and O–H groups in total. The summed E-state index contributed by atoms with van der Waals surface area (Å²) in [5.74, 6) is 0.942. The number of carbonyl (C=O) groups excluding carboxylic acids is 1. The van der Waals surface area contributed by atoms with E-state index in [1.807, 2.05) is 0 Å². The van der Waals surface area contributed by atoms with Crippen LogP contribution in [-0.2, 0) is 4.79 Å². The number of aromatic nitrogens is 1. The lowest BCUT2D eigenvalue weighted by Gasteiger charge is -2.31. The van der Waals surface area contributed by atoms with Gasteiger partial charge >= 0.3 is 0 Å². The third-order valence-corrected chi connectivity index (χ3v) is 3.30. The average molecular weight is 259 g/mol. The smallest absolute Gasteiger partial charge is 0.147 e. The van der Waals surface area contributed by atoms with Gasteiger partial charge in [-0.1, -0.05) is 23.2 Å². The summed E-state index contributed by atoms with van der Waals surface area (Å²) < 4.78 is 0. The molecule has 0 unspecified atom stereocenters. The fourth-order valence-corrected chi connectivity index (χ4v) is 2.39. The third kappa shape index (κ3) is 2.47. The Balaban J connectivity index is 2.11. The average Bonchev–Trinajstić information content (AvgIpc) is 2.29. The quantitative estimate of drug-likeness (QED) is 0.766. The molecule has 0 radical (unpaired) electrons. The Morgan fingerprint density at radius 1 is 1.38 bits per heavy atom. The van der Waals surface area contributed by atoms with Crippen LogP contribution >= 0.6 is 23.2 Å². The van der Waals surface area contributed by atoms with Crippen LogP contribution in [0.2, 0.25) is 10.0 Å². The van der Waals surface area contributed by atoms with Crippen molar-refractivity contribution in [2.75, 3.05) is 18.0 Å². The third-order valence-electron chi connectivity index (χ3n) is 2.82. The molecule has 0 aliphatic carbocycles. The van der Waals surface area contributed by atoms with Gasteiger partial charge in [-0.15, -0.1) is 0 Å². The second-order valence-corrected chi connectivity index (χ2v) is 4.76. The highest BCUT2D eigenvalue weighted by atomic mass is 35.5. The molecule has 3 nitrogen and oxygen atoms in total. The van der Waals surface area contributed by atoms with Crippen LogP contribution in [0, 0.1) is 5.92 Å². The predicted molar refractivity (Wildman–Crippen MR) is 65.3 cm³/mol. The van der Waals surface area contributed by atoms with Gasteiger partial charge in [-0.3, -0.25) is 0 Å². The number of hydrogen-bond acceptors (Lipinski definition) is 3. The Morgan fingerprint density at radius 2 is 2.06 bits per heavy atom. The topological polar surface area (TPSA) is 33.2 Å². The van der Waals surface area contributed by atoms with Crippen LogP contribution in [-0.4, -0.2) is 24.4 Å². The maximum atomic E-state index is 10.6. The Labute approximate surface area is 104 Å². The molecule has 0 amide bonds. The molecular formula is C11H12Cl2N2O. The standard InChI is InChI=1S/C11H12Cl2N2O/c12-9-5-10(13)11(14-6-9)15-3-1-8(7-16)2-4-15/h5-8H,1-4H2. The first-order chi connectivity index (χ1) is 7.70. The number of hydrogen-bond donors (Lipinski definition) is 0. The van der Waals surface area contributed by atoms with Gasteiger partial charge in [0.15, 0.2) is 0 Å². The Hall–Kier alpha value is -0.800. The summed E-state index contributed by atoms with van der Waals surface area (Å²) >= 11 is 11.9. The van der Waals surface area contributed by atoms with Crippen molar-refractivity contribution < 1.29 is 4.79 Å². The molecule has 1 aliphatic rings. The number of aldehydes is 1. The summed E-state index contributed by atoms with van der Waals surface area (Å²) in [4.78, 5) is 17.0. The number of pyridine rings is 1. The van der Waals surface area contributed by atoms with Gasteiger partial charge in [0.1, 0.15) is 12.1 Å². The first-order valence-electron chi connectivity index (χ1n) is 5.22. The second kappa shape index (κ2) is 5.02. The lowest BCUT2D eigenvalue weighted by molar-refractivity contribution is -0.111. The van der Waals surface area contributed by atoms with E-state index in [0.29, 0.717) is 10.0 Å². The van der Waals surface area contributed by atoms with Gasteiger partial charge in [-0.25, -0.2) is 4.98 Å². The highest BCUT2D eigenvalue weighted by Crippen LogP contribution is 2.28. The molecule has 1 aliphatic heterocycles. The lowest BCUT2D eigenvalue weighted by Crippen LogP contribution is -2.34. The molecule has 0 spiro atoms. The summed E-state index contributed by atoms with van der Waals surface area (Å²) in [7, 11) is 0. The van der Waals surface area contributed by atoms with E-state index in [9.17, 15) is 4.79 Å². The van der Waals surface area contributed by atoms with Gasteiger partial charge in [0.2, 0.25) is 0 Å².